The molecule has 2 aromatic rings. The first kappa shape index (κ1) is 19.3. The summed E-state index contributed by atoms with van der Waals surface area (Å²) in [5, 5.41) is 2.55. The zero-order valence-electron chi connectivity index (χ0n) is 14.6. The molecule has 2 saturated heterocycles. The van der Waals surface area contributed by atoms with Gasteiger partial charge < -0.3 is 14.5 Å². The summed E-state index contributed by atoms with van der Waals surface area (Å²) in [5.41, 5.74) is 0.740. The van der Waals surface area contributed by atoms with Gasteiger partial charge in [0.2, 0.25) is 10.0 Å². The number of ether oxygens (including phenoxy) is 1. The van der Waals surface area contributed by atoms with E-state index in [0.29, 0.717) is 47.0 Å². The number of furan rings is 1. The number of thioether (sulfide) groups is 1. The van der Waals surface area contributed by atoms with Crippen molar-refractivity contribution in [3.05, 3.63) is 47.1 Å². The predicted octanol–water partition coefficient (Wildman–Crippen LogP) is 2.46. The maximum absolute atomic E-state index is 12.7. The van der Waals surface area contributed by atoms with Crippen molar-refractivity contribution in [2.24, 2.45) is 0 Å². The molecule has 1 N–H and O–H groups in total. The van der Waals surface area contributed by atoms with E-state index in [4.69, 9.17) is 21.4 Å². The average Bonchev–Trinajstić information content (AvgIpc) is 3.29. The van der Waals surface area contributed by atoms with Gasteiger partial charge in [-0.15, -0.1) is 0 Å². The minimum Gasteiger partial charge on any atom is -0.457 e. The SMILES string of the molecule is O=C1NC(=S)S/C1=C/c1ccc(-c2ccc(S(=O)(=O)N3CCOCC3)cc2)o1. The third-order valence-corrected chi connectivity index (χ3v) is 7.36. The smallest absolute Gasteiger partial charge is 0.263 e. The lowest BCUT2D eigenvalue weighted by Gasteiger charge is -2.26. The molecule has 0 spiro atoms. The molecular formula is C18H16N2O5S3. The monoisotopic (exact) mass is 436 g/mol. The Kier molecular flexibility index (Phi) is 5.39. The molecule has 10 heteroatoms. The van der Waals surface area contributed by atoms with Crippen molar-refractivity contribution >= 4 is 50.3 Å². The Morgan fingerprint density at radius 1 is 1.11 bits per heavy atom. The number of nitrogens with zero attached hydrogens (tertiary/aromatic N) is 1. The highest BCUT2D eigenvalue weighted by molar-refractivity contribution is 8.26. The number of nitrogens with one attached hydrogen (secondary N) is 1. The summed E-state index contributed by atoms with van der Waals surface area (Å²) in [4.78, 5) is 12.4. The first-order valence-electron chi connectivity index (χ1n) is 8.46. The zero-order valence-corrected chi connectivity index (χ0v) is 17.0. The maximum Gasteiger partial charge on any atom is 0.263 e. The summed E-state index contributed by atoms with van der Waals surface area (Å²) in [6.45, 7) is 1.52. The van der Waals surface area contributed by atoms with Gasteiger partial charge in [-0.1, -0.05) is 24.0 Å². The summed E-state index contributed by atoms with van der Waals surface area (Å²) in [6, 6.07) is 10.1. The summed E-state index contributed by atoms with van der Waals surface area (Å²) in [6.07, 6.45) is 1.63. The lowest BCUT2D eigenvalue weighted by atomic mass is 10.2. The van der Waals surface area contributed by atoms with Crippen molar-refractivity contribution in [2.45, 2.75) is 4.90 Å². The summed E-state index contributed by atoms with van der Waals surface area (Å²) in [7, 11) is -3.53. The van der Waals surface area contributed by atoms with Gasteiger partial charge in [-0.25, -0.2) is 8.42 Å². The molecule has 1 aromatic heterocycles. The Balaban J connectivity index is 1.53. The Labute approximate surface area is 171 Å². The number of carbonyl (C=O) groups excluding carboxylic acids is 1. The molecule has 0 radical (unpaired) electrons. The van der Waals surface area contributed by atoms with Gasteiger partial charge in [0.25, 0.3) is 5.91 Å². The number of hydrogen-bond acceptors (Lipinski definition) is 7. The van der Waals surface area contributed by atoms with Crippen LogP contribution in [0.2, 0.25) is 0 Å². The second-order valence-corrected chi connectivity index (χ2v) is 9.75. The third kappa shape index (κ3) is 3.91. The molecule has 1 aromatic carbocycles. The highest BCUT2D eigenvalue weighted by Crippen LogP contribution is 2.29. The number of rotatable bonds is 4. The number of benzene rings is 1. The van der Waals surface area contributed by atoms with Gasteiger partial charge in [-0.2, -0.15) is 4.31 Å². The van der Waals surface area contributed by atoms with Crippen LogP contribution in [0.1, 0.15) is 5.76 Å². The highest BCUT2D eigenvalue weighted by atomic mass is 32.2. The summed E-state index contributed by atoms with van der Waals surface area (Å²) >= 11 is 6.14. The van der Waals surface area contributed by atoms with Gasteiger partial charge in [0, 0.05) is 24.7 Å². The number of hydrogen-bond donors (Lipinski definition) is 1. The van der Waals surface area contributed by atoms with E-state index >= 15 is 0 Å². The molecule has 0 bridgehead atoms. The fourth-order valence-corrected chi connectivity index (χ4v) is 5.30. The molecule has 4 rings (SSSR count). The van der Waals surface area contributed by atoms with Gasteiger partial charge in [0.1, 0.15) is 15.8 Å². The molecule has 0 aliphatic carbocycles. The minimum absolute atomic E-state index is 0.236. The minimum atomic E-state index is -3.53. The van der Waals surface area contributed by atoms with Crippen LogP contribution in [0.25, 0.3) is 17.4 Å². The van der Waals surface area contributed by atoms with E-state index < -0.39 is 10.0 Å². The van der Waals surface area contributed by atoms with Gasteiger partial charge in [0.05, 0.1) is 23.0 Å². The lowest BCUT2D eigenvalue weighted by Crippen LogP contribution is -2.40. The van der Waals surface area contributed by atoms with E-state index in [1.165, 1.54) is 16.1 Å². The van der Waals surface area contributed by atoms with Gasteiger partial charge in [-0.3, -0.25) is 4.79 Å². The molecule has 0 atom stereocenters. The first-order valence-corrected chi connectivity index (χ1v) is 11.1. The average molecular weight is 437 g/mol. The molecular weight excluding hydrogens is 420 g/mol. The van der Waals surface area contributed by atoms with Crippen LogP contribution >= 0.6 is 24.0 Å². The molecule has 1 amide bonds. The number of morpholine rings is 1. The van der Waals surface area contributed by atoms with Crippen molar-refractivity contribution in [3.8, 4) is 11.3 Å². The second kappa shape index (κ2) is 7.80. The molecule has 2 aliphatic rings. The first-order chi connectivity index (χ1) is 13.4. The third-order valence-electron chi connectivity index (χ3n) is 4.29. The molecule has 0 unspecified atom stereocenters. The molecule has 146 valence electrons. The van der Waals surface area contributed by atoms with Crippen LogP contribution in [0.15, 0.2) is 50.6 Å². The van der Waals surface area contributed by atoms with Crippen LogP contribution in [0.4, 0.5) is 0 Å². The molecule has 0 saturated carbocycles. The van der Waals surface area contributed by atoms with Crippen LogP contribution in [-0.4, -0.2) is 49.3 Å². The van der Waals surface area contributed by atoms with Crippen LogP contribution in [0, 0.1) is 0 Å². The topological polar surface area (TPSA) is 88.9 Å². The van der Waals surface area contributed by atoms with Gasteiger partial charge in [0.15, 0.2) is 0 Å². The fourth-order valence-electron chi connectivity index (χ4n) is 2.86. The summed E-state index contributed by atoms with van der Waals surface area (Å²) < 4.78 is 38.2. The molecule has 3 heterocycles. The second-order valence-electron chi connectivity index (χ2n) is 6.10. The lowest BCUT2D eigenvalue weighted by molar-refractivity contribution is -0.115. The number of amides is 1. The molecule has 28 heavy (non-hydrogen) atoms. The fraction of sp³-hybridized carbons (Fsp3) is 0.222. The normalized spacial score (nSPS) is 19.9. The summed E-state index contributed by atoms with van der Waals surface area (Å²) in [5.74, 6) is 0.848. The van der Waals surface area contributed by atoms with Crippen molar-refractivity contribution < 1.29 is 22.4 Å². The van der Waals surface area contributed by atoms with Crippen LogP contribution in [0.3, 0.4) is 0 Å². The maximum atomic E-state index is 12.7. The molecule has 2 fully saturated rings. The zero-order chi connectivity index (χ0) is 19.7. The van der Waals surface area contributed by atoms with Crippen LogP contribution < -0.4 is 5.32 Å². The number of sulfonamides is 1. The Hall–Kier alpha value is -1.98. The van der Waals surface area contributed by atoms with Gasteiger partial charge >= 0.3 is 0 Å². The number of carbonyl (C=O) groups is 1. The highest BCUT2D eigenvalue weighted by Gasteiger charge is 2.26. The van der Waals surface area contributed by atoms with E-state index in [1.807, 2.05) is 0 Å². The number of thiocarbonyl (C=S) groups is 1. The van der Waals surface area contributed by atoms with Crippen molar-refractivity contribution in [1.82, 2.24) is 9.62 Å². The van der Waals surface area contributed by atoms with E-state index in [1.54, 1.807) is 42.5 Å². The van der Waals surface area contributed by atoms with Crippen molar-refractivity contribution in [1.29, 1.82) is 0 Å². The quantitative estimate of drug-likeness (QED) is 0.582. The van der Waals surface area contributed by atoms with E-state index in [-0.39, 0.29) is 10.8 Å². The van der Waals surface area contributed by atoms with Gasteiger partial charge in [-0.05, 0) is 36.4 Å². The van der Waals surface area contributed by atoms with E-state index in [0.717, 1.165) is 5.56 Å². The standard InChI is InChI=1S/C18H16N2O5S3/c21-17-16(27-18(26)19-17)11-13-3-6-15(25-13)12-1-4-14(5-2-12)28(22,23)20-7-9-24-10-8-20/h1-6,11H,7-10H2,(H,19,21,26)/b16-11+. The van der Waals surface area contributed by atoms with Crippen molar-refractivity contribution in [2.75, 3.05) is 26.3 Å². The Morgan fingerprint density at radius 3 is 2.46 bits per heavy atom. The largest absolute Gasteiger partial charge is 0.457 e. The van der Waals surface area contributed by atoms with E-state index in [9.17, 15) is 13.2 Å². The molecule has 2 aliphatic heterocycles. The van der Waals surface area contributed by atoms with Crippen molar-refractivity contribution in [3.63, 3.8) is 0 Å². The predicted molar refractivity (Wildman–Crippen MR) is 110 cm³/mol. The Bertz CT molecular complexity index is 1050. The van der Waals surface area contributed by atoms with E-state index in [2.05, 4.69) is 5.32 Å². The molecule has 7 nitrogen and oxygen atoms in total. The van der Waals surface area contributed by atoms with Crippen LogP contribution in [0.5, 0.6) is 0 Å². The van der Waals surface area contributed by atoms with Crippen LogP contribution in [-0.2, 0) is 19.6 Å². The Morgan fingerprint density at radius 2 is 1.82 bits per heavy atom.